The molecule has 164 valence electrons. The molecule has 0 saturated carbocycles. The molecule has 0 aliphatic rings. The van der Waals surface area contributed by atoms with Crippen molar-refractivity contribution in [3.05, 3.63) is 38.5 Å². The highest BCUT2D eigenvalue weighted by molar-refractivity contribution is 9.11. The first kappa shape index (κ1) is 24.0. The molecule has 1 aromatic carbocycles. The van der Waals surface area contributed by atoms with Crippen molar-refractivity contribution in [2.24, 2.45) is 0 Å². The molecule has 0 aliphatic carbocycles. The molecule has 0 atom stereocenters. The van der Waals surface area contributed by atoms with Crippen LogP contribution in [-0.4, -0.2) is 31.6 Å². The smallest absolute Gasteiger partial charge is 0.269 e. The van der Waals surface area contributed by atoms with Crippen molar-refractivity contribution < 1.29 is 23.8 Å². The van der Waals surface area contributed by atoms with E-state index in [0.29, 0.717) is 55.5 Å². The number of nitrogens with one attached hydrogen (secondary N) is 2. The zero-order valence-corrected chi connectivity index (χ0v) is 19.8. The van der Waals surface area contributed by atoms with E-state index in [1.54, 1.807) is 23.5 Å². The lowest BCUT2D eigenvalue weighted by Crippen LogP contribution is -2.41. The predicted molar refractivity (Wildman–Crippen MR) is 121 cm³/mol. The van der Waals surface area contributed by atoms with Crippen molar-refractivity contribution in [1.29, 1.82) is 0 Å². The molecule has 0 radical (unpaired) electrons. The van der Waals surface area contributed by atoms with Crippen LogP contribution in [0.3, 0.4) is 0 Å². The molecule has 30 heavy (non-hydrogen) atoms. The van der Waals surface area contributed by atoms with Gasteiger partial charge < -0.3 is 14.2 Å². The van der Waals surface area contributed by atoms with Gasteiger partial charge in [-0.05, 0) is 73.8 Å². The lowest BCUT2D eigenvalue weighted by Gasteiger charge is -2.17. The number of carbonyl (C=O) groups excluding carboxylic acids is 2. The molecule has 1 aromatic heterocycles. The Morgan fingerprint density at radius 1 is 0.967 bits per heavy atom. The maximum atomic E-state index is 12.5. The lowest BCUT2D eigenvalue weighted by atomic mass is 10.1. The van der Waals surface area contributed by atoms with E-state index in [9.17, 15) is 9.59 Å². The fourth-order valence-electron chi connectivity index (χ4n) is 2.69. The predicted octanol–water partition coefficient (Wildman–Crippen LogP) is 4.49. The van der Waals surface area contributed by atoms with Crippen molar-refractivity contribution in [2.75, 3.05) is 19.8 Å². The van der Waals surface area contributed by atoms with Crippen LogP contribution in [0.4, 0.5) is 0 Å². The minimum atomic E-state index is -0.463. The Morgan fingerprint density at radius 2 is 1.60 bits per heavy atom. The first-order chi connectivity index (χ1) is 14.5. The van der Waals surface area contributed by atoms with Crippen LogP contribution in [0.25, 0.3) is 0 Å². The summed E-state index contributed by atoms with van der Waals surface area (Å²) in [5.74, 6) is 0.588. The third-order valence-electron chi connectivity index (χ3n) is 3.94. The van der Waals surface area contributed by atoms with E-state index in [2.05, 4.69) is 26.8 Å². The summed E-state index contributed by atoms with van der Waals surface area (Å²) in [7, 11) is 0. The minimum absolute atomic E-state index is 0.250. The summed E-state index contributed by atoms with van der Waals surface area (Å²) in [6.07, 6.45) is 1.82. The number of hydrogen-bond donors (Lipinski definition) is 2. The Balaban J connectivity index is 1.96. The number of benzene rings is 1. The number of carbonyl (C=O) groups is 2. The van der Waals surface area contributed by atoms with E-state index >= 15 is 0 Å². The van der Waals surface area contributed by atoms with Crippen LogP contribution in [0, 0.1) is 0 Å². The van der Waals surface area contributed by atoms with Crippen LogP contribution in [0.2, 0.25) is 0 Å². The standard InChI is InChI=1S/C21H27BrN2O5S/c1-4-27-16-12-14(13-17(28-5-2)20(16)29-6-3)21(26)24-23-19(25)9-7-8-15-10-11-18(22)30-15/h10-13H,4-9H2,1-3H3,(H,23,25)(H,24,26). The molecular weight excluding hydrogens is 472 g/mol. The Labute approximate surface area is 189 Å². The highest BCUT2D eigenvalue weighted by atomic mass is 79.9. The number of aryl methyl sites for hydroxylation is 1. The fraction of sp³-hybridized carbons (Fsp3) is 0.429. The second-order valence-electron chi connectivity index (χ2n) is 6.16. The number of amides is 2. The van der Waals surface area contributed by atoms with Crippen molar-refractivity contribution >= 4 is 39.1 Å². The Morgan fingerprint density at radius 3 is 2.13 bits per heavy atom. The molecule has 2 N–H and O–H groups in total. The van der Waals surface area contributed by atoms with E-state index in [1.807, 2.05) is 32.9 Å². The summed E-state index contributed by atoms with van der Waals surface area (Å²) >= 11 is 5.08. The average Bonchev–Trinajstić information content (AvgIpc) is 3.13. The molecule has 0 unspecified atom stereocenters. The zero-order valence-electron chi connectivity index (χ0n) is 17.4. The summed E-state index contributed by atoms with van der Waals surface area (Å²) in [5.41, 5.74) is 5.20. The van der Waals surface area contributed by atoms with Gasteiger partial charge in [0.1, 0.15) is 0 Å². The number of hydrogen-bond acceptors (Lipinski definition) is 6. The molecule has 1 heterocycles. The molecular formula is C21H27BrN2O5S. The second kappa shape index (κ2) is 12.4. The van der Waals surface area contributed by atoms with Crippen LogP contribution >= 0.6 is 27.3 Å². The minimum Gasteiger partial charge on any atom is -0.490 e. The number of halogens is 1. The molecule has 2 amide bonds. The first-order valence-electron chi connectivity index (χ1n) is 9.88. The van der Waals surface area contributed by atoms with Crippen molar-refractivity contribution in [2.45, 2.75) is 40.0 Å². The van der Waals surface area contributed by atoms with E-state index < -0.39 is 5.91 Å². The van der Waals surface area contributed by atoms with Gasteiger partial charge in [0.15, 0.2) is 11.5 Å². The van der Waals surface area contributed by atoms with Gasteiger partial charge in [0.05, 0.1) is 23.6 Å². The van der Waals surface area contributed by atoms with Crippen LogP contribution in [0.1, 0.15) is 48.8 Å². The molecule has 0 bridgehead atoms. The molecule has 9 heteroatoms. The first-order valence-corrected chi connectivity index (χ1v) is 11.5. The summed E-state index contributed by atoms with van der Waals surface area (Å²) in [4.78, 5) is 25.8. The van der Waals surface area contributed by atoms with Gasteiger partial charge >= 0.3 is 0 Å². The summed E-state index contributed by atoms with van der Waals surface area (Å²) < 4.78 is 17.9. The molecule has 0 fully saturated rings. The number of thiophene rings is 1. The van der Waals surface area contributed by atoms with Gasteiger partial charge in [-0.15, -0.1) is 11.3 Å². The maximum Gasteiger partial charge on any atom is 0.269 e. The zero-order chi connectivity index (χ0) is 21.9. The highest BCUT2D eigenvalue weighted by Crippen LogP contribution is 2.39. The monoisotopic (exact) mass is 498 g/mol. The molecule has 7 nitrogen and oxygen atoms in total. The van der Waals surface area contributed by atoms with Gasteiger partial charge in [0.25, 0.3) is 5.91 Å². The van der Waals surface area contributed by atoms with Crippen molar-refractivity contribution in [3.8, 4) is 17.2 Å². The fourth-order valence-corrected chi connectivity index (χ4v) is 4.22. The third kappa shape index (κ3) is 7.21. The molecule has 2 rings (SSSR count). The van der Waals surface area contributed by atoms with Gasteiger partial charge in [-0.1, -0.05) is 0 Å². The number of rotatable bonds is 11. The molecule has 0 spiro atoms. The third-order valence-corrected chi connectivity index (χ3v) is 5.63. The van der Waals surface area contributed by atoms with Gasteiger partial charge in [-0.3, -0.25) is 20.4 Å². The molecule has 2 aromatic rings. The van der Waals surface area contributed by atoms with Gasteiger partial charge in [-0.25, -0.2) is 0 Å². The van der Waals surface area contributed by atoms with Gasteiger partial charge in [0, 0.05) is 16.9 Å². The molecule has 0 saturated heterocycles. The largest absolute Gasteiger partial charge is 0.490 e. The van der Waals surface area contributed by atoms with E-state index in [0.717, 1.165) is 10.2 Å². The lowest BCUT2D eigenvalue weighted by molar-refractivity contribution is -0.121. The van der Waals surface area contributed by atoms with E-state index in [-0.39, 0.29) is 5.91 Å². The van der Waals surface area contributed by atoms with Crippen LogP contribution in [-0.2, 0) is 11.2 Å². The van der Waals surface area contributed by atoms with Gasteiger partial charge in [0.2, 0.25) is 11.7 Å². The number of ether oxygens (including phenoxy) is 3. The number of hydrazine groups is 1. The Hall–Kier alpha value is -2.26. The topological polar surface area (TPSA) is 85.9 Å². The Bertz CT molecular complexity index is 829. The van der Waals surface area contributed by atoms with Gasteiger partial charge in [-0.2, -0.15) is 0 Å². The van der Waals surface area contributed by atoms with E-state index in [1.165, 1.54) is 4.88 Å². The Kier molecular flexibility index (Phi) is 9.96. The van der Waals surface area contributed by atoms with Crippen LogP contribution < -0.4 is 25.1 Å². The summed E-state index contributed by atoms with van der Waals surface area (Å²) in [6, 6.07) is 7.18. The van der Waals surface area contributed by atoms with Crippen molar-refractivity contribution in [1.82, 2.24) is 10.9 Å². The second-order valence-corrected chi connectivity index (χ2v) is 8.71. The highest BCUT2D eigenvalue weighted by Gasteiger charge is 2.18. The van der Waals surface area contributed by atoms with Crippen LogP contribution in [0.15, 0.2) is 28.1 Å². The average molecular weight is 499 g/mol. The SMILES string of the molecule is CCOc1cc(C(=O)NNC(=O)CCCc2ccc(Br)s2)cc(OCC)c1OCC. The van der Waals surface area contributed by atoms with E-state index in [4.69, 9.17) is 14.2 Å². The van der Waals surface area contributed by atoms with Crippen molar-refractivity contribution in [3.63, 3.8) is 0 Å². The molecule has 0 aliphatic heterocycles. The normalized spacial score (nSPS) is 10.4. The maximum absolute atomic E-state index is 12.5. The summed E-state index contributed by atoms with van der Waals surface area (Å²) in [5, 5.41) is 0. The van der Waals surface area contributed by atoms with Crippen LogP contribution in [0.5, 0.6) is 17.2 Å². The quantitative estimate of drug-likeness (QED) is 0.445. The summed E-state index contributed by atoms with van der Waals surface area (Å²) in [6.45, 7) is 6.81.